The third kappa shape index (κ3) is 4.55. The first-order chi connectivity index (χ1) is 16.2. The first kappa shape index (κ1) is 23.9. The number of anilines is 1. The fourth-order valence-electron chi connectivity index (χ4n) is 3.39. The summed E-state index contributed by atoms with van der Waals surface area (Å²) in [6.45, 7) is 7.81. The Hall–Kier alpha value is -3.24. The van der Waals surface area contributed by atoms with Gasteiger partial charge in [-0.3, -0.25) is 9.59 Å². The van der Waals surface area contributed by atoms with E-state index in [-0.39, 0.29) is 29.3 Å². The number of carbonyl (C=O) groups excluding carboxylic acids is 2. The van der Waals surface area contributed by atoms with Gasteiger partial charge in [-0.2, -0.15) is 10.2 Å². The Morgan fingerprint density at radius 1 is 1.12 bits per heavy atom. The zero-order chi connectivity index (χ0) is 24.6. The van der Waals surface area contributed by atoms with Gasteiger partial charge in [0.15, 0.2) is 11.5 Å². The van der Waals surface area contributed by atoms with Gasteiger partial charge in [0.05, 0.1) is 22.4 Å². The molecular weight excluding hydrogens is 522 g/mol. The number of aromatic nitrogens is 5. The van der Waals surface area contributed by atoms with Crippen LogP contribution in [0.1, 0.15) is 47.3 Å². The third-order valence-corrected chi connectivity index (χ3v) is 6.23. The number of carbonyl (C=O) groups is 2. The van der Waals surface area contributed by atoms with E-state index in [9.17, 15) is 9.59 Å². The number of hydrogen-bond donors (Lipinski definition) is 2. The molecule has 4 rings (SSSR count). The molecule has 4 aromatic rings. The van der Waals surface area contributed by atoms with Crippen molar-refractivity contribution in [3.63, 3.8) is 0 Å². The van der Waals surface area contributed by atoms with Gasteiger partial charge in [0, 0.05) is 18.3 Å². The highest BCUT2D eigenvalue weighted by Crippen LogP contribution is 2.26. The molecule has 0 fully saturated rings. The summed E-state index contributed by atoms with van der Waals surface area (Å²) in [6, 6.07) is 8.49. The predicted octanol–water partition coefficient (Wildman–Crippen LogP) is 4.67. The van der Waals surface area contributed by atoms with Crippen molar-refractivity contribution in [3.8, 4) is 5.82 Å². The van der Waals surface area contributed by atoms with Gasteiger partial charge in [0.25, 0.3) is 11.8 Å². The quantitative estimate of drug-likeness (QED) is 0.367. The van der Waals surface area contributed by atoms with E-state index in [4.69, 9.17) is 11.6 Å². The molecule has 11 heteroatoms. The van der Waals surface area contributed by atoms with Crippen molar-refractivity contribution < 1.29 is 9.59 Å². The molecule has 0 aliphatic heterocycles. The molecule has 0 saturated heterocycles. The fourth-order valence-corrected chi connectivity index (χ4v) is 3.97. The normalized spacial score (nSPS) is 12.2. The van der Waals surface area contributed by atoms with Crippen molar-refractivity contribution in [2.24, 2.45) is 5.92 Å². The van der Waals surface area contributed by atoms with E-state index in [2.05, 4.69) is 41.7 Å². The molecule has 0 radical (unpaired) electrons. The highest BCUT2D eigenvalue weighted by atomic mass is 79.9. The summed E-state index contributed by atoms with van der Waals surface area (Å²) in [5.41, 5.74) is 2.23. The molecule has 9 nitrogen and oxygen atoms in total. The van der Waals surface area contributed by atoms with Gasteiger partial charge in [0.2, 0.25) is 0 Å². The van der Waals surface area contributed by atoms with Crippen LogP contribution in [0.25, 0.3) is 11.3 Å². The highest BCUT2D eigenvalue weighted by Gasteiger charge is 2.25. The number of aryl methyl sites for hydroxylation is 1. The number of fused-ring (bicyclic) bond motifs is 1. The minimum Gasteiger partial charge on any atom is -0.348 e. The van der Waals surface area contributed by atoms with Crippen LogP contribution in [0.4, 0.5) is 5.69 Å². The molecule has 0 aliphatic rings. The monoisotopic (exact) mass is 543 g/mol. The number of halogens is 2. The molecule has 0 saturated carbocycles. The smallest absolute Gasteiger partial charge is 0.274 e. The molecule has 176 valence electrons. The van der Waals surface area contributed by atoms with Crippen LogP contribution in [-0.2, 0) is 0 Å². The third-order valence-electron chi connectivity index (χ3n) is 5.54. The second-order valence-electron chi connectivity index (χ2n) is 8.25. The van der Waals surface area contributed by atoms with Crippen LogP contribution in [0, 0.1) is 12.8 Å². The zero-order valence-electron chi connectivity index (χ0n) is 19.0. The first-order valence-electron chi connectivity index (χ1n) is 10.6. The van der Waals surface area contributed by atoms with Gasteiger partial charge in [-0.15, -0.1) is 0 Å². The van der Waals surface area contributed by atoms with Crippen LogP contribution in [-0.4, -0.2) is 42.2 Å². The zero-order valence-corrected chi connectivity index (χ0v) is 21.3. The van der Waals surface area contributed by atoms with Gasteiger partial charge < -0.3 is 10.6 Å². The van der Waals surface area contributed by atoms with Gasteiger partial charge in [0.1, 0.15) is 10.3 Å². The van der Waals surface area contributed by atoms with Crippen molar-refractivity contribution >= 4 is 50.5 Å². The maximum absolute atomic E-state index is 13.4. The summed E-state index contributed by atoms with van der Waals surface area (Å²) in [6.07, 6.45) is 3.17. The van der Waals surface area contributed by atoms with Gasteiger partial charge in [-0.25, -0.2) is 14.2 Å². The molecule has 0 aliphatic carbocycles. The number of pyridine rings is 2. The second kappa shape index (κ2) is 9.55. The summed E-state index contributed by atoms with van der Waals surface area (Å²) in [7, 11) is 0. The lowest BCUT2D eigenvalue weighted by Gasteiger charge is -2.20. The number of amides is 2. The summed E-state index contributed by atoms with van der Waals surface area (Å²) in [5.74, 6) is -0.283. The van der Waals surface area contributed by atoms with Crippen LogP contribution < -0.4 is 10.6 Å². The van der Waals surface area contributed by atoms with Crippen molar-refractivity contribution in [1.29, 1.82) is 0 Å². The van der Waals surface area contributed by atoms with Crippen LogP contribution in [0.15, 0.2) is 47.3 Å². The van der Waals surface area contributed by atoms with Crippen molar-refractivity contribution in [1.82, 2.24) is 29.7 Å². The molecule has 2 amide bonds. The summed E-state index contributed by atoms with van der Waals surface area (Å²) < 4.78 is 3.31. The van der Waals surface area contributed by atoms with Crippen LogP contribution >= 0.6 is 27.5 Å². The minimum absolute atomic E-state index is 0.0779. The fraction of sp³-hybridized carbons (Fsp3) is 0.261. The summed E-state index contributed by atoms with van der Waals surface area (Å²) >= 11 is 9.61. The Kier molecular flexibility index (Phi) is 6.72. The maximum Gasteiger partial charge on any atom is 0.274 e. The Morgan fingerprint density at radius 2 is 1.88 bits per heavy atom. The lowest BCUT2D eigenvalue weighted by molar-refractivity contribution is 0.0924. The van der Waals surface area contributed by atoms with Gasteiger partial charge in [-0.1, -0.05) is 25.4 Å². The highest BCUT2D eigenvalue weighted by molar-refractivity contribution is 9.10. The number of rotatable bonds is 6. The van der Waals surface area contributed by atoms with Crippen molar-refractivity contribution in [2.75, 3.05) is 5.32 Å². The molecule has 1 atom stereocenters. The molecule has 34 heavy (non-hydrogen) atoms. The van der Waals surface area contributed by atoms with Gasteiger partial charge >= 0.3 is 0 Å². The van der Waals surface area contributed by atoms with E-state index in [0.717, 1.165) is 5.52 Å². The Bertz CT molecular complexity index is 1400. The SMILES string of the molecule is Cc1cc2ccnn2c(C(=O)NC(C)C(C)C)c1NC(=O)c1cc(Br)nn1-c1ncccc1Cl. The topological polar surface area (TPSA) is 106 Å². The van der Waals surface area contributed by atoms with E-state index in [1.165, 1.54) is 9.20 Å². The molecule has 4 heterocycles. The standard InChI is InChI=1S/C23H23BrClN7O2/c1-12(2)14(4)28-23(34)20-19(13(3)10-15-7-9-27-31(15)20)29-22(33)17-11-18(24)30-32(17)21-16(25)6-5-8-26-21/h5-12,14H,1-4H3,(H,28,34)(H,29,33). The predicted molar refractivity (Wildman–Crippen MR) is 134 cm³/mol. The van der Waals surface area contributed by atoms with Crippen LogP contribution in [0.5, 0.6) is 0 Å². The van der Waals surface area contributed by atoms with Crippen molar-refractivity contribution in [2.45, 2.75) is 33.7 Å². The lowest BCUT2D eigenvalue weighted by atomic mass is 10.1. The summed E-state index contributed by atoms with van der Waals surface area (Å²) in [5, 5.41) is 14.9. The van der Waals surface area contributed by atoms with Crippen LogP contribution in [0.2, 0.25) is 5.02 Å². The van der Waals surface area contributed by atoms with Crippen LogP contribution in [0.3, 0.4) is 0 Å². The number of nitrogens with one attached hydrogen (secondary N) is 2. The number of hydrogen-bond acceptors (Lipinski definition) is 5. The Labute approximate surface area is 209 Å². The van der Waals surface area contributed by atoms with Gasteiger partial charge in [-0.05, 0) is 65.5 Å². The molecule has 0 bridgehead atoms. The minimum atomic E-state index is -0.486. The first-order valence-corrected chi connectivity index (χ1v) is 11.8. The molecule has 0 spiro atoms. The average Bonchev–Trinajstić information content (AvgIpc) is 3.40. The largest absolute Gasteiger partial charge is 0.348 e. The average molecular weight is 545 g/mol. The van der Waals surface area contributed by atoms with E-state index in [1.54, 1.807) is 36.7 Å². The lowest BCUT2D eigenvalue weighted by Crippen LogP contribution is -2.38. The molecule has 1 unspecified atom stereocenters. The Balaban J connectivity index is 1.78. The van der Waals surface area contributed by atoms with E-state index < -0.39 is 5.91 Å². The molecule has 0 aromatic carbocycles. The van der Waals surface area contributed by atoms with E-state index in [1.807, 2.05) is 33.8 Å². The van der Waals surface area contributed by atoms with Crippen molar-refractivity contribution in [3.05, 3.63) is 69.3 Å². The number of nitrogens with zero attached hydrogens (tertiary/aromatic N) is 5. The summed E-state index contributed by atoms with van der Waals surface area (Å²) in [4.78, 5) is 31.0. The molecule has 4 aromatic heterocycles. The van der Waals surface area contributed by atoms with E-state index >= 15 is 0 Å². The Morgan fingerprint density at radius 3 is 2.59 bits per heavy atom. The molecule has 2 N–H and O–H groups in total. The molecular formula is C23H23BrClN7O2. The second-order valence-corrected chi connectivity index (χ2v) is 9.47. The maximum atomic E-state index is 13.4. The van der Waals surface area contributed by atoms with E-state index in [0.29, 0.717) is 26.7 Å².